The highest BCUT2D eigenvalue weighted by atomic mass is 32.2. The SMILES string of the molecule is C[C@H](NS(=O)(=O)c1ccccc1F)C(=O)NCCCCCN1CCCCC1. The van der Waals surface area contributed by atoms with Crippen molar-refractivity contribution in [2.45, 2.75) is 56.4 Å². The van der Waals surface area contributed by atoms with Gasteiger partial charge < -0.3 is 10.2 Å². The standard InChI is InChI=1S/C19H30FN3O3S/c1-16(22-27(25,26)18-11-5-4-10-17(18)20)19(24)21-12-6-2-7-13-23-14-8-3-9-15-23/h4-5,10-11,16,22H,2-3,6-9,12-15H2,1H3,(H,21,24)/t16-/m0/s1. The predicted octanol–water partition coefficient (Wildman–Crippen LogP) is 2.26. The Morgan fingerprint density at radius 2 is 1.85 bits per heavy atom. The fourth-order valence-electron chi connectivity index (χ4n) is 3.20. The predicted molar refractivity (Wildman–Crippen MR) is 103 cm³/mol. The van der Waals surface area contributed by atoms with E-state index in [0.717, 1.165) is 31.9 Å². The quantitative estimate of drug-likeness (QED) is 0.592. The summed E-state index contributed by atoms with van der Waals surface area (Å²) in [6.07, 6.45) is 6.89. The highest BCUT2D eigenvalue weighted by Crippen LogP contribution is 2.13. The van der Waals surface area contributed by atoms with Gasteiger partial charge >= 0.3 is 0 Å². The van der Waals surface area contributed by atoms with Crippen LogP contribution in [0.25, 0.3) is 0 Å². The summed E-state index contributed by atoms with van der Waals surface area (Å²) in [7, 11) is -4.08. The van der Waals surface area contributed by atoms with E-state index >= 15 is 0 Å². The Bertz CT molecular complexity index is 706. The normalized spacial score (nSPS) is 16.8. The molecule has 1 atom stereocenters. The molecule has 1 saturated heterocycles. The number of hydrogen-bond acceptors (Lipinski definition) is 4. The molecule has 2 rings (SSSR count). The van der Waals surface area contributed by atoms with Crippen molar-refractivity contribution in [2.75, 3.05) is 26.2 Å². The van der Waals surface area contributed by atoms with Crippen LogP contribution in [-0.2, 0) is 14.8 Å². The molecule has 1 heterocycles. The van der Waals surface area contributed by atoms with Crippen molar-refractivity contribution in [2.24, 2.45) is 0 Å². The van der Waals surface area contributed by atoms with Crippen LogP contribution >= 0.6 is 0 Å². The molecular weight excluding hydrogens is 369 g/mol. The molecule has 8 heteroatoms. The van der Waals surface area contributed by atoms with Crippen molar-refractivity contribution in [1.82, 2.24) is 14.9 Å². The third kappa shape index (κ3) is 7.20. The first-order valence-electron chi connectivity index (χ1n) is 9.67. The lowest BCUT2D eigenvalue weighted by Crippen LogP contribution is -2.45. The summed E-state index contributed by atoms with van der Waals surface area (Å²) < 4.78 is 40.3. The van der Waals surface area contributed by atoms with Crippen molar-refractivity contribution in [3.63, 3.8) is 0 Å². The van der Waals surface area contributed by atoms with Crippen molar-refractivity contribution < 1.29 is 17.6 Å². The molecule has 1 aromatic rings. The molecule has 0 unspecified atom stereocenters. The lowest BCUT2D eigenvalue weighted by atomic mass is 10.1. The molecule has 0 spiro atoms. The van der Waals surface area contributed by atoms with E-state index < -0.39 is 32.7 Å². The van der Waals surface area contributed by atoms with Gasteiger partial charge in [0, 0.05) is 6.54 Å². The lowest BCUT2D eigenvalue weighted by Gasteiger charge is -2.26. The molecule has 6 nitrogen and oxygen atoms in total. The fourth-order valence-corrected chi connectivity index (χ4v) is 4.48. The fraction of sp³-hybridized carbons (Fsp3) is 0.632. The zero-order valence-electron chi connectivity index (χ0n) is 15.9. The first kappa shape index (κ1) is 21.8. The van der Waals surface area contributed by atoms with Gasteiger partial charge in [-0.1, -0.05) is 25.0 Å². The van der Waals surface area contributed by atoms with Crippen LogP contribution in [0, 0.1) is 5.82 Å². The van der Waals surface area contributed by atoms with Crippen molar-refractivity contribution >= 4 is 15.9 Å². The van der Waals surface area contributed by atoms with Crippen LogP contribution in [0.2, 0.25) is 0 Å². The molecule has 1 fully saturated rings. The summed E-state index contributed by atoms with van der Waals surface area (Å²) in [5.41, 5.74) is 0. The average molecular weight is 400 g/mol. The van der Waals surface area contributed by atoms with Crippen LogP contribution in [-0.4, -0.2) is 51.4 Å². The van der Waals surface area contributed by atoms with E-state index in [1.54, 1.807) is 0 Å². The molecule has 0 aromatic heterocycles. The van der Waals surface area contributed by atoms with Gasteiger partial charge in [0.1, 0.15) is 10.7 Å². The van der Waals surface area contributed by atoms with Gasteiger partial charge in [0.2, 0.25) is 15.9 Å². The Morgan fingerprint density at radius 1 is 1.15 bits per heavy atom. The van der Waals surface area contributed by atoms with E-state index in [1.807, 2.05) is 0 Å². The maximum atomic E-state index is 13.7. The van der Waals surface area contributed by atoms with Crippen molar-refractivity contribution in [3.05, 3.63) is 30.1 Å². The summed E-state index contributed by atoms with van der Waals surface area (Å²) in [4.78, 5) is 14.1. The Morgan fingerprint density at radius 3 is 2.56 bits per heavy atom. The van der Waals surface area contributed by atoms with E-state index in [4.69, 9.17) is 0 Å². The van der Waals surface area contributed by atoms with Crippen molar-refractivity contribution in [1.29, 1.82) is 0 Å². The minimum absolute atomic E-state index is 0.411. The largest absolute Gasteiger partial charge is 0.355 e. The highest BCUT2D eigenvalue weighted by Gasteiger charge is 2.24. The topological polar surface area (TPSA) is 78.5 Å². The molecule has 0 bridgehead atoms. The third-order valence-corrected chi connectivity index (χ3v) is 6.32. The van der Waals surface area contributed by atoms with Crippen LogP contribution < -0.4 is 10.0 Å². The monoisotopic (exact) mass is 399 g/mol. The molecule has 1 aliphatic rings. The van der Waals surface area contributed by atoms with E-state index in [-0.39, 0.29) is 0 Å². The number of carbonyl (C=O) groups is 1. The number of sulfonamides is 1. The van der Waals surface area contributed by atoms with Crippen molar-refractivity contribution in [3.8, 4) is 0 Å². The zero-order chi connectivity index (χ0) is 19.7. The summed E-state index contributed by atoms with van der Waals surface area (Å²) >= 11 is 0. The van der Waals surface area contributed by atoms with Gasteiger partial charge in [-0.2, -0.15) is 4.72 Å². The van der Waals surface area contributed by atoms with Gasteiger partial charge in [0.25, 0.3) is 0 Å². The molecule has 0 aliphatic carbocycles. The van der Waals surface area contributed by atoms with Crippen LogP contribution in [0.1, 0.15) is 45.4 Å². The number of piperidine rings is 1. The third-order valence-electron chi connectivity index (χ3n) is 4.75. The van der Waals surface area contributed by atoms with E-state index in [2.05, 4.69) is 14.9 Å². The number of halogens is 1. The second-order valence-corrected chi connectivity index (χ2v) is 8.71. The number of nitrogens with one attached hydrogen (secondary N) is 2. The molecule has 27 heavy (non-hydrogen) atoms. The molecule has 152 valence electrons. The van der Waals surface area contributed by atoms with E-state index in [1.165, 1.54) is 57.5 Å². The second kappa shape index (κ2) is 10.7. The highest BCUT2D eigenvalue weighted by molar-refractivity contribution is 7.89. The lowest BCUT2D eigenvalue weighted by molar-refractivity contribution is -0.122. The van der Waals surface area contributed by atoms with Gasteiger partial charge in [-0.05, 0) is 64.4 Å². The maximum absolute atomic E-state index is 13.7. The van der Waals surface area contributed by atoms with Crippen LogP contribution in [0.4, 0.5) is 4.39 Å². The minimum atomic E-state index is -4.08. The molecule has 1 amide bonds. The molecule has 1 aliphatic heterocycles. The van der Waals surface area contributed by atoms with Crippen LogP contribution in [0.5, 0.6) is 0 Å². The number of amides is 1. The summed E-state index contributed by atoms with van der Waals surface area (Å²) in [6, 6.07) is 4.12. The van der Waals surface area contributed by atoms with E-state index in [9.17, 15) is 17.6 Å². The first-order chi connectivity index (χ1) is 12.9. The summed E-state index contributed by atoms with van der Waals surface area (Å²) in [6.45, 7) is 5.44. The second-order valence-electron chi connectivity index (χ2n) is 7.03. The van der Waals surface area contributed by atoms with Gasteiger partial charge in [0.05, 0.1) is 6.04 Å². The van der Waals surface area contributed by atoms with Gasteiger partial charge in [0.15, 0.2) is 0 Å². The van der Waals surface area contributed by atoms with Crippen LogP contribution in [0.3, 0.4) is 0 Å². The molecule has 1 aromatic carbocycles. The number of rotatable bonds is 10. The van der Waals surface area contributed by atoms with Crippen LogP contribution in [0.15, 0.2) is 29.2 Å². The number of benzene rings is 1. The van der Waals surface area contributed by atoms with Gasteiger partial charge in [-0.3, -0.25) is 4.79 Å². The molecule has 0 saturated carbocycles. The summed E-state index contributed by atoms with van der Waals surface area (Å²) in [5, 5.41) is 2.74. The number of likely N-dealkylation sites (tertiary alicyclic amines) is 1. The van der Waals surface area contributed by atoms with E-state index in [0.29, 0.717) is 6.54 Å². The smallest absolute Gasteiger partial charge is 0.244 e. The number of carbonyl (C=O) groups excluding carboxylic acids is 1. The number of unbranched alkanes of at least 4 members (excludes halogenated alkanes) is 2. The first-order valence-corrected chi connectivity index (χ1v) is 11.2. The zero-order valence-corrected chi connectivity index (χ0v) is 16.7. The molecule has 0 radical (unpaired) electrons. The van der Waals surface area contributed by atoms with Gasteiger partial charge in [-0.15, -0.1) is 0 Å². The molecular formula is C19H30FN3O3S. The Kier molecular flexibility index (Phi) is 8.66. The Labute approximate surface area is 161 Å². The maximum Gasteiger partial charge on any atom is 0.244 e. The summed E-state index contributed by atoms with van der Waals surface area (Å²) in [5.74, 6) is -1.25. The average Bonchev–Trinajstić information content (AvgIpc) is 2.65. The number of hydrogen-bond donors (Lipinski definition) is 2. The van der Waals surface area contributed by atoms with Gasteiger partial charge in [-0.25, -0.2) is 12.8 Å². The number of nitrogens with zero attached hydrogens (tertiary/aromatic N) is 1. The Balaban J connectivity index is 1.65. The Hall–Kier alpha value is -1.51. The minimum Gasteiger partial charge on any atom is -0.355 e. The molecule has 2 N–H and O–H groups in total.